The van der Waals surface area contributed by atoms with Gasteiger partial charge in [-0.25, -0.2) is 4.98 Å². The van der Waals surface area contributed by atoms with Gasteiger partial charge < -0.3 is 0 Å². The molecule has 0 aliphatic heterocycles. The van der Waals surface area contributed by atoms with E-state index in [4.69, 9.17) is 23.2 Å². The van der Waals surface area contributed by atoms with Crippen LogP contribution < -0.4 is 5.56 Å². The van der Waals surface area contributed by atoms with Crippen LogP contribution in [0.1, 0.15) is 5.82 Å². The minimum atomic E-state index is -0.180. The molecule has 1 heterocycles. The van der Waals surface area contributed by atoms with Crippen LogP contribution in [0.2, 0.25) is 5.02 Å². The highest BCUT2D eigenvalue weighted by molar-refractivity contribution is 9.10. The van der Waals surface area contributed by atoms with Gasteiger partial charge >= 0.3 is 0 Å². The second-order valence-corrected chi connectivity index (χ2v) is 6.01. The summed E-state index contributed by atoms with van der Waals surface area (Å²) in [4.78, 5) is 17.2. The average Bonchev–Trinajstić information content (AvgIpc) is 2.48. The van der Waals surface area contributed by atoms with Crippen molar-refractivity contribution < 1.29 is 0 Å². The molecule has 0 unspecified atom stereocenters. The Morgan fingerprint density at radius 1 is 1.19 bits per heavy atom. The summed E-state index contributed by atoms with van der Waals surface area (Å²) in [6.45, 7) is 0. The molecule has 0 spiro atoms. The molecule has 1 aromatic heterocycles. The number of alkyl halides is 1. The predicted molar refractivity (Wildman–Crippen MR) is 89.6 cm³/mol. The van der Waals surface area contributed by atoms with Crippen LogP contribution in [-0.4, -0.2) is 9.55 Å². The highest BCUT2D eigenvalue weighted by atomic mass is 79.9. The van der Waals surface area contributed by atoms with E-state index in [9.17, 15) is 4.79 Å². The lowest BCUT2D eigenvalue weighted by atomic mass is 10.2. The topological polar surface area (TPSA) is 34.9 Å². The Kier molecular flexibility index (Phi) is 4.02. The SMILES string of the molecule is O=c1c2ccccc2nc(CCl)n1-c1ccc(Br)cc1Cl. The van der Waals surface area contributed by atoms with E-state index in [2.05, 4.69) is 20.9 Å². The highest BCUT2D eigenvalue weighted by Gasteiger charge is 2.14. The molecule has 0 bridgehead atoms. The van der Waals surface area contributed by atoms with Gasteiger partial charge in [-0.05, 0) is 30.3 Å². The van der Waals surface area contributed by atoms with Crippen LogP contribution in [0, 0.1) is 0 Å². The minimum Gasteiger partial charge on any atom is -0.268 e. The fourth-order valence-electron chi connectivity index (χ4n) is 2.18. The standard InChI is InChI=1S/C15H9BrCl2N2O/c16-9-5-6-13(11(18)7-9)20-14(8-17)19-12-4-2-1-3-10(12)15(20)21/h1-7H,8H2. The molecule has 0 amide bonds. The van der Waals surface area contributed by atoms with Gasteiger partial charge in [0.1, 0.15) is 5.82 Å². The molecule has 0 N–H and O–H groups in total. The molecule has 0 fully saturated rings. The maximum atomic E-state index is 12.7. The van der Waals surface area contributed by atoms with Gasteiger partial charge in [-0.2, -0.15) is 0 Å². The minimum absolute atomic E-state index is 0.118. The molecular weight excluding hydrogens is 375 g/mol. The van der Waals surface area contributed by atoms with Gasteiger partial charge in [0.2, 0.25) is 0 Å². The van der Waals surface area contributed by atoms with Crippen molar-refractivity contribution in [1.29, 1.82) is 0 Å². The van der Waals surface area contributed by atoms with Crippen molar-refractivity contribution in [2.75, 3.05) is 0 Å². The van der Waals surface area contributed by atoms with Gasteiger partial charge in [-0.15, -0.1) is 11.6 Å². The van der Waals surface area contributed by atoms with Crippen LogP contribution in [0.15, 0.2) is 51.7 Å². The molecule has 0 radical (unpaired) electrons. The van der Waals surface area contributed by atoms with Gasteiger partial charge in [-0.3, -0.25) is 9.36 Å². The molecule has 21 heavy (non-hydrogen) atoms. The van der Waals surface area contributed by atoms with E-state index in [1.165, 1.54) is 4.57 Å². The second-order valence-electron chi connectivity index (χ2n) is 4.42. The maximum absolute atomic E-state index is 12.7. The molecule has 2 aromatic carbocycles. The van der Waals surface area contributed by atoms with Gasteiger partial charge in [0, 0.05) is 4.47 Å². The van der Waals surface area contributed by atoms with E-state index >= 15 is 0 Å². The first kappa shape index (κ1) is 14.6. The van der Waals surface area contributed by atoms with Crippen LogP contribution in [0.3, 0.4) is 0 Å². The van der Waals surface area contributed by atoms with Crippen molar-refractivity contribution in [3.63, 3.8) is 0 Å². The van der Waals surface area contributed by atoms with E-state index in [-0.39, 0.29) is 11.4 Å². The quantitative estimate of drug-likeness (QED) is 0.609. The summed E-state index contributed by atoms with van der Waals surface area (Å²) in [5, 5.41) is 0.986. The lowest BCUT2D eigenvalue weighted by Gasteiger charge is -2.13. The predicted octanol–water partition coefficient (Wildman–Crippen LogP) is 4.54. The molecule has 3 rings (SSSR count). The number of benzene rings is 2. The van der Waals surface area contributed by atoms with Crippen LogP contribution in [0.4, 0.5) is 0 Å². The summed E-state index contributed by atoms with van der Waals surface area (Å²) in [7, 11) is 0. The lowest BCUT2D eigenvalue weighted by Crippen LogP contribution is -2.23. The van der Waals surface area contributed by atoms with Gasteiger partial charge in [0.05, 0.1) is 27.5 Å². The van der Waals surface area contributed by atoms with Crippen LogP contribution >= 0.6 is 39.1 Å². The zero-order valence-electron chi connectivity index (χ0n) is 10.7. The van der Waals surface area contributed by atoms with E-state index < -0.39 is 0 Å². The van der Waals surface area contributed by atoms with Crippen molar-refractivity contribution >= 4 is 50.0 Å². The van der Waals surface area contributed by atoms with Crippen molar-refractivity contribution in [2.45, 2.75) is 5.88 Å². The molecular formula is C15H9BrCl2N2O. The zero-order chi connectivity index (χ0) is 15.0. The molecule has 0 aliphatic carbocycles. The number of rotatable bonds is 2. The molecule has 0 saturated carbocycles. The largest absolute Gasteiger partial charge is 0.268 e. The third kappa shape index (κ3) is 2.59. The summed E-state index contributed by atoms with van der Waals surface area (Å²) >= 11 is 15.6. The Hall–Kier alpha value is -1.36. The van der Waals surface area contributed by atoms with Gasteiger partial charge in [0.25, 0.3) is 5.56 Å². The van der Waals surface area contributed by atoms with Crippen molar-refractivity contribution in [1.82, 2.24) is 9.55 Å². The Morgan fingerprint density at radius 2 is 1.95 bits per heavy atom. The summed E-state index contributed by atoms with van der Waals surface area (Å²) in [5.74, 6) is 0.580. The van der Waals surface area contributed by atoms with Gasteiger partial charge in [-0.1, -0.05) is 39.7 Å². The van der Waals surface area contributed by atoms with E-state index in [0.717, 1.165) is 4.47 Å². The Labute approximate surface area is 139 Å². The van der Waals surface area contributed by atoms with Crippen molar-refractivity contribution in [3.05, 3.63) is 68.1 Å². The van der Waals surface area contributed by atoms with E-state index in [1.54, 1.807) is 30.3 Å². The molecule has 3 nitrogen and oxygen atoms in total. The first-order chi connectivity index (χ1) is 10.1. The number of para-hydroxylation sites is 1. The number of hydrogen-bond acceptors (Lipinski definition) is 2. The summed E-state index contributed by atoms with van der Waals surface area (Å²) in [5.41, 5.74) is 1.02. The number of halogens is 3. The highest BCUT2D eigenvalue weighted by Crippen LogP contribution is 2.25. The van der Waals surface area contributed by atoms with Crippen molar-refractivity contribution in [3.8, 4) is 5.69 Å². The Morgan fingerprint density at radius 3 is 2.67 bits per heavy atom. The lowest BCUT2D eigenvalue weighted by molar-refractivity contribution is 0.881. The smallest absolute Gasteiger partial charge is 0.266 e. The molecule has 0 saturated heterocycles. The molecule has 6 heteroatoms. The number of nitrogens with zero attached hydrogens (tertiary/aromatic N) is 2. The fourth-order valence-corrected chi connectivity index (χ4v) is 3.12. The Balaban J connectivity index is 2.41. The van der Waals surface area contributed by atoms with E-state index in [0.29, 0.717) is 27.4 Å². The van der Waals surface area contributed by atoms with Crippen molar-refractivity contribution in [2.24, 2.45) is 0 Å². The van der Waals surface area contributed by atoms with E-state index in [1.807, 2.05) is 12.1 Å². The molecule has 0 atom stereocenters. The summed E-state index contributed by atoms with van der Waals surface area (Å²) in [6.07, 6.45) is 0. The van der Waals surface area contributed by atoms with Crippen LogP contribution in [0.5, 0.6) is 0 Å². The normalized spacial score (nSPS) is 11.0. The first-order valence-corrected chi connectivity index (χ1v) is 7.84. The summed E-state index contributed by atoms with van der Waals surface area (Å²) < 4.78 is 2.30. The monoisotopic (exact) mass is 382 g/mol. The number of aromatic nitrogens is 2. The Bertz CT molecular complexity index is 892. The number of fused-ring (bicyclic) bond motifs is 1. The maximum Gasteiger partial charge on any atom is 0.266 e. The third-order valence-electron chi connectivity index (χ3n) is 3.12. The van der Waals surface area contributed by atoms with Gasteiger partial charge in [0.15, 0.2) is 0 Å². The zero-order valence-corrected chi connectivity index (χ0v) is 13.8. The van der Waals surface area contributed by atoms with Crippen LogP contribution in [0.25, 0.3) is 16.6 Å². The summed E-state index contributed by atoms with van der Waals surface area (Å²) in [6, 6.07) is 12.5. The third-order valence-corrected chi connectivity index (χ3v) is 4.15. The molecule has 0 aliphatic rings. The van der Waals surface area contributed by atoms with Crippen LogP contribution in [-0.2, 0) is 5.88 Å². The number of hydrogen-bond donors (Lipinski definition) is 0. The first-order valence-electron chi connectivity index (χ1n) is 6.14. The second kappa shape index (κ2) is 5.79. The molecule has 3 aromatic rings. The fraction of sp³-hybridized carbons (Fsp3) is 0.0667. The molecule has 106 valence electrons. The average molecular weight is 384 g/mol.